The molecule has 0 radical (unpaired) electrons. The highest BCUT2D eigenvalue weighted by Crippen LogP contribution is 2.10. The second-order valence-electron chi connectivity index (χ2n) is 5.48. The van der Waals surface area contributed by atoms with Crippen LogP contribution in [-0.2, 0) is 6.42 Å². The SMILES string of the molecule is Cc1ccc(CC#CCN2CCNCC2C)c(C)c1. The fraction of sp³-hybridized carbons (Fsp3) is 0.529. The Morgan fingerprint density at radius 1 is 1.32 bits per heavy atom. The van der Waals surface area contributed by atoms with E-state index in [-0.39, 0.29) is 0 Å². The van der Waals surface area contributed by atoms with Crippen molar-refractivity contribution in [3.63, 3.8) is 0 Å². The Balaban J connectivity index is 1.87. The van der Waals surface area contributed by atoms with Crippen molar-refractivity contribution < 1.29 is 0 Å². The second-order valence-corrected chi connectivity index (χ2v) is 5.48. The fourth-order valence-electron chi connectivity index (χ4n) is 2.48. The van der Waals surface area contributed by atoms with E-state index in [4.69, 9.17) is 0 Å². The molecule has 0 amide bonds. The van der Waals surface area contributed by atoms with E-state index in [1.807, 2.05) is 0 Å². The molecule has 2 nitrogen and oxygen atoms in total. The zero-order valence-electron chi connectivity index (χ0n) is 12.3. The minimum atomic E-state index is 0.601. The molecule has 1 aromatic carbocycles. The monoisotopic (exact) mass is 256 g/mol. The summed E-state index contributed by atoms with van der Waals surface area (Å²) in [5, 5.41) is 3.40. The van der Waals surface area contributed by atoms with Crippen molar-refractivity contribution in [3.05, 3.63) is 34.9 Å². The number of rotatable bonds is 2. The lowest BCUT2D eigenvalue weighted by Crippen LogP contribution is -2.49. The van der Waals surface area contributed by atoms with Crippen LogP contribution in [0, 0.1) is 25.7 Å². The van der Waals surface area contributed by atoms with Gasteiger partial charge in [0.2, 0.25) is 0 Å². The Labute approximate surface area is 117 Å². The van der Waals surface area contributed by atoms with Crippen LogP contribution in [0.2, 0.25) is 0 Å². The van der Waals surface area contributed by atoms with Crippen LogP contribution in [0.4, 0.5) is 0 Å². The predicted octanol–water partition coefficient (Wildman–Crippen LogP) is 2.14. The Morgan fingerprint density at radius 3 is 2.89 bits per heavy atom. The first-order chi connectivity index (χ1) is 9.16. The Morgan fingerprint density at radius 2 is 2.16 bits per heavy atom. The maximum absolute atomic E-state index is 3.40. The molecule has 0 aliphatic carbocycles. The number of aryl methyl sites for hydroxylation is 2. The van der Waals surface area contributed by atoms with Gasteiger partial charge in [-0.3, -0.25) is 4.90 Å². The van der Waals surface area contributed by atoms with Crippen molar-refractivity contribution in [3.8, 4) is 11.8 Å². The van der Waals surface area contributed by atoms with E-state index in [2.05, 4.69) is 61.0 Å². The van der Waals surface area contributed by atoms with Gasteiger partial charge in [0.15, 0.2) is 0 Å². The molecule has 0 saturated carbocycles. The van der Waals surface area contributed by atoms with Gasteiger partial charge >= 0.3 is 0 Å². The molecule has 1 N–H and O–H groups in total. The first-order valence-electron chi connectivity index (χ1n) is 7.13. The lowest BCUT2D eigenvalue weighted by atomic mass is 10.0. The molecular weight excluding hydrogens is 232 g/mol. The molecule has 1 unspecified atom stereocenters. The Bertz CT molecular complexity index is 482. The van der Waals surface area contributed by atoms with E-state index in [0.29, 0.717) is 6.04 Å². The highest BCUT2D eigenvalue weighted by atomic mass is 15.2. The number of nitrogens with zero attached hydrogens (tertiary/aromatic N) is 1. The van der Waals surface area contributed by atoms with Gasteiger partial charge in [0.25, 0.3) is 0 Å². The third kappa shape index (κ3) is 4.09. The minimum Gasteiger partial charge on any atom is -0.314 e. The number of nitrogens with one attached hydrogen (secondary N) is 1. The van der Waals surface area contributed by atoms with Crippen molar-refractivity contribution in [2.75, 3.05) is 26.2 Å². The van der Waals surface area contributed by atoms with Gasteiger partial charge in [-0.2, -0.15) is 0 Å². The van der Waals surface area contributed by atoms with E-state index >= 15 is 0 Å². The van der Waals surface area contributed by atoms with Crippen LogP contribution in [-0.4, -0.2) is 37.1 Å². The molecule has 1 aliphatic heterocycles. The number of hydrogen-bond acceptors (Lipinski definition) is 2. The molecule has 19 heavy (non-hydrogen) atoms. The van der Waals surface area contributed by atoms with Crippen molar-refractivity contribution in [2.24, 2.45) is 0 Å². The van der Waals surface area contributed by atoms with Crippen molar-refractivity contribution in [1.29, 1.82) is 0 Å². The summed E-state index contributed by atoms with van der Waals surface area (Å²) < 4.78 is 0. The Hall–Kier alpha value is -1.30. The van der Waals surface area contributed by atoms with Crippen molar-refractivity contribution in [2.45, 2.75) is 33.2 Å². The summed E-state index contributed by atoms with van der Waals surface area (Å²) in [6.07, 6.45) is 0.868. The predicted molar refractivity (Wildman–Crippen MR) is 81.3 cm³/mol. The van der Waals surface area contributed by atoms with Crippen molar-refractivity contribution >= 4 is 0 Å². The largest absolute Gasteiger partial charge is 0.314 e. The third-order valence-electron chi connectivity index (χ3n) is 3.82. The van der Waals surface area contributed by atoms with Gasteiger partial charge in [0.05, 0.1) is 6.54 Å². The van der Waals surface area contributed by atoms with Crippen LogP contribution in [0.25, 0.3) is 0 Å². The van der Waals surface area contributed by atoms with Gasteiger partial charge in [0, 0.05) is 32.1 Å². The van der Waals surface area contributed by atoms with Gasteiger partial charge in [0.1, 0.15) is 0 Å². The molecule has 1 aromatic rings. The molecule has 1 aliphatic rings. The molecule has 102 valence electrons. The van der Waals surface area contributed by atoms with Gasteiger partial charge in [-0.1, -0.05) is 35.6 Å². The first kappa shape index (κ1) is 14.1. The normalized spacial score (nSPS) is 19.8. The van der Waals surface area contributed by atoms with Crippen LogP contribution in [0.1, 0.15) is 23.6 Å². The highest BCUT2D eigenvalue weighted by molar-refractivity contribution is 5.33. The molecule has 1 fully saturated rings. The zero-order chi connectivity index (χ0) is 13.7. The molecule has 0 bridgehead atoms. The van der Waals surface area contributed by atoms with Gasteiger partial charge in [-0.15, -0.1) is 0 Å². The molecule has 2 heteroatoms. The highest BCUT2D eigenvalue weighted by Gasteiger charge is 2.15. The van der Waals surface area contributed by atoms with E-state index < -0.39 is 0 Å². The number of piperazine rings is 1. The van der Waals surface area contributed by atoms with Crippen molar-refractivity contribution in [1.82, 2.24) is 10.2 Å². The summed E-state index contributed by atoms with van der Waals surface area (Å²) in [5.74, 6) is 6.64. The maximum Gasteiger partial charge on any atom is 0.0604 e. The van der Waals surface area contributed by atoms with Gasteiger partial charge in [-0.05, 0) is 31.9 Å². The molecule has 1 atom stereocenters. The van der Waals surface area contributed by atoms with Gasteiger partial charge in [-0.25, -0.2) is 0 Å². The van der Waals surface area contributed by atoms with Crippen LogP contribution < -0.4 is 5.32 Å². The quantitative estimate of drug-likeness (QED) is 0.816. The molecule has 2 rings (SSSR count). The topological polar surface area (TPSA) is 15.3 Å². The molecule has 0 spiro atoms. The fourth-order valence-corrected chi connectivity index (χ4v) is 2.48. The summed E-state index contributed by atoms with van der Waals surface area (Å²) in [7, 11) is 0. The smallest absolute Gasteiger partial charge is 0.0604 e. The lowest BCUT2D eigenvalue weighted by molar-refractivity contribution is 0.196. The van der Waals surface area contributed by atoms with E-state index in [1.54, 1.807) is 0 Å². The standard InChI is InChI=1S/C17H24N2/c1-14-7-8-17(15(2)12-14)6-4-5-10-19-11-9-18-13-16(19)3/h7-8,12,16,18H,6,9-11,13H2,1-3H3. The zero-order valence-corrected chi connectivity index (χ0v) is 12.3. The lowest BCUT2D eigenvalue weighted by Gasteiger charge is -2.32. The van der Waals surface area contributed by atoms with Crippen LogP contribution in [0.5, 0.6) is 0 Å². The summed E-state index contributed by atoms with van der Waals surface area (Å²) in [5.41, 5.74) is 4.03. The third-order valence-corrected chi connectivity index (χ3v) is 3.82. The van der Waals surface area contributed by atoms with Crippen LogP contribution in [0.15, 0.2) is 18.2 Å². The first-order valence-corrected chi connectivity index (χ1v) is 7.13. The van der Waals surface area contributed by atoms with E-state index in [1.165, 1.54) is 16.7 Å². The van der Waals surface area contributed by atoms with Crippen LogP contribution >= 0.6 is 0 Å². The summed E-state index contributed by atoms with van der Waals surface area (Å²) >= 11 is 0. The minimum absolute atomic E-state index is 0.601. The van der Waals surface area contributed by atoms with Gasteiger partial charge < -0.3 is 5.32 Å². The average Bonchev–Trinajstić information content (AvgIpc) is 2.38. The Kier molecular flexibility index (Phi) is 5.01. The summed E-state index contributed by atoms with van der Waals surface area (Å²) in [6.45, 7) is 10.7. The summed E-state index contributed by atoms with van der Waals surface area (Å²) in [6, 6.07) is 7.20. The molecule has 1 heterocycles. The number of benzene rings is 1. The molecule has 1 saturated heterocycles. The van der Waals surface area contributed by atoms with E-state index in [0.717, 1.165) is 32.6 Å². The maximum atomic E-state index is 3.40. The van der Waals surface area contributed by atoms with Crippen LogP contribution in [0.3, 0.4) is 0 Å². The average molecular weight is 256 g/mol. The molecular formula is C17H24N2. The summed E-state index contributed by atoms with van der Waals surface area (Å²) in [4.78, 5) is 2.45. The van der Waals surface area contributed by atoms with E-state index in [9.17, 15) is 0 Å². The molecule has 0 aromatic heterocycles. The number of hydrogen-bond donors (Lipinski definition) is 1. The second kappa shape index (κ2) is 6.75.